The molecule has 0 fully saturated rings. The molecule has 0 atom stereocenters. The van der Waals surface area contributed by atoms with E-state index in [1.165, 1.54) is 116 Å². The van der Waals surface area contributed by atoms with Gasteiger partial charge in [-0.25, -0.2) is 0 Å². The third-order valence-electron chi connectivity index (χ3n) is 11.7. The molecule has 0 aromatic heterocycles. The fourth-order valence-corrected chi connectivity index (χ4v) is 7.23. The van der Waals surface area contributed by atoms with Gasteiger partial charge in [0.1, 0.15) is 0 Å². The van der Waals surface area contributed by atoms with Gasteiger partial charge in [-0.2, -0.15) is 0 Å². The van der Waals surface area contributed by atoms with E-state index >= 15 is 0 Å². The van der Waals surface area contributed by atoms with Crippen LogP contribution < -0.4 is 0 Å². The number of aliphatic hydroxyl groups excluding tert-OH is 2. The van der Waals surface area contributed by atoms with Crippen LogP contribution >= 0.6 is 0 Å². The highest BCUT2D eigenvalue weighted by Crippen LogP contribution is 2.12. The van der Waals surface area contributed by atoms with E-state index in [0.717, 1.165) is 26.1 Å². The van der Waals surface area contributed by atoms with Crippen LogP contribution in [0.1, 0.15) is 142 Å². The Hall–Kier alpha value is -0.800. The van der Waals surface area contributed by atoms with E-state index in [4.69, 9.17) is 95.5 Å². The second-order valence-electron chi connectivity index (χ2n) is 18.8. The Labute approximate surface area is 487 Å². The summed E-state index contributed by atoms with van der Waals surface area (Å²) in [7, 11) is 0. The lowest BCUT2D eigenvalue weighted by Gasteiger charge is -2.09. The maximum Gasteiger partial charge on any atom is 0.0701 e. The van der Waals surface area contributed by atoms with Crippen molar-refractivity contribution in [2.75, 3.05) is 251 Å². The van der Waals surface area contributed by atoms with Crippen molar-refractivity contribution in [3.8, 4) is 0 Å². The smallest absolute Gasteiger partial charge is 0.0701 e. The van der Waals surface area contributed by atoms with Crippen LogP contribution in [0, 0.1) is 0 Å². The molecular formula is C60H124O20. The maximum absolute atomic E-state index is 8.57. The fourth-order valence-electron chi connectivity index (χ4n) is 7.23. The zero-order valence-corrected chi connectivity index (χ0v) is 51.3. The Morgan fingerprint density at radius 3 is 0.388 bits per heavy atom. The molecule has 0 aliphatic heterocycles. The van der Waals surface area contributed by atoms with Crippen molar-refractivity contribution in [3.05, 3.63) is 0 Å². The first-order valence-corrected chi connectivity index (χ1v) is 31.4. The van der Waals surface area contributed by atoms with Crippen molar-refractivity contribution in [1.29, 1.82) is 0 Å². The lowest BCUT2D eigenvalue weighted by Crippen LogP contribution is -2.15. The van der Waals surface area contributed by atoms with Gasteiger partial charge in [0.05, 0.1) is 238 Å². The normalized spacial score (nSPS) is 11.6. The first-order valence-electron chi connectivity index (χ1n) is 31.4. The molecule has 0 spiro atoms. The van der Waals surface area contributed by atoms with Crippen molar-refractivity contribution in [3.63, 3.8) is 0 Å². The van der Waals surface area contributed by atoms with Gasteiger partial charge >= 0.3 is 0 Å². The zero-order valence-electron chi connectivity index (χ0n) is 51.3. The van der Waals surface area contributed by atoms with Crippen LogP contribution in [0.15, 0.2) is 0 Å². The average molecular weight is 1170 g/mol. The molecule has 0 bridgehead atoms. The molecule has 0 aliphatic carbocycles. The van der Waals surface area contributed by atoms with E-state index in [9.17, 15) is 0 Å². The highest BCUT2D eigenvalue weighted by molar-refractivity contribution is 4.50. The van der Waals surface area contributed by atoms with Gasteiger partial charge in [-0.05, 0) is 12.8 Å². The van der Waals surface area contributed by atoms with E-state index in [-0.39, 0.29) is 13.2 Å². The quantitative estimate of drug-likeness (QED) is 0.0552. The van der Waals surface area contributed by atoms with E-state index < -0.39 is 0 Å². The molecule has 20 nitrogen and oxygen atoms in total. The highest BCUT2D eigenvalue weighted by atomic mass is 16.6. The third kappa shape index (κ3) is 83.7. The van der Waals surface area contributed by atoms with Gasteiger partial charge in [-0.3, -0.25) is 0 Å². The molecule has 0 saturated carbocycles. The summed E-state index contributed by atoms with van der Waals surface area (Å²) in [5, 5.41) is 17.1. The molecule has 0 aliphatic rings. The molecule has 80 heavy (non-hydrogen) atoms. The minimum absolute atomic E-state index is 0.0325. The Morgan fingerprint density at radius 2 is 0.250 bits per heavy atom. The number of unbranched alkanes of at least 4 members (excludes halogenated alkanes) is 18. The standard InChI is InChI=1S/2C30H62O10/c2*1-2-3-4-5-6-7-8-9-10-11-13-32-15-17-34-19-21-36-23-25-38-27-29-40-30-28-39-26-24-37-22-20-35-18-16-33-14-12-31/h2*31H,2-30H2,1H3. The predicted molar refractivity (Wildman–Crippen MR) is 313 cm³/mol. The summed E-state index contributed by atoms with van der Waals surface area (Å²) in [6.45, 7) is 24.3. The third-order valence-corrected chi connectivity index (χ3v) is 11.7. The van der Waals surface area contributed by atoms with E-state index in [0.29, 0.717) is 225 Å². The summed E-state index contributed by atoms with van der Waals surface area (Å²) >= 11 is 0. The second kappa shape index (κ2) is 82.4. The van der Waals surface area contributed by atoms with Gasteiger partial charge in [-0.1, -0.05) is 129 Å². The molecule has 0 rings (SSSR count). The number of rotatable bonds is 74. The molecule has 0 amide bonds. The summed E-state index contributed by atoms with van der Waals surface area (Å²) in [5.41, 5.74) is 0. The molecule has 0 aromatic carbocycles. The molecule has 0 heterocycles. The zero-order chi connectivity index (χ0) is 57.7. The number of ether oxygens (including phenoxy) is 18. The lowest BCUT2D eigenvalue weighted by atomic mass is 10.1. The molecular weight excluding hydrogens is 1040 g/mol. The van der Waals surface area contributed by atoms with Crippen molar-refractivity contribution < 1.29 is 95.5 Å². The van der Waals surface area contributed by atoms with Crippen LogP contribution in [-0.2, 0) is 85.3 Å². The van der Waals surface area contributed by atoms with Crippen LogP contribution in [0.3, 0.4) is 0 Å². The van der Waals surface area contributed by atoms with Gasteiger partial charge in [0.15, 0.2) is 0 Å². The lowest BCUT2D eigenvalue weighted by molar-refractivity contribution is -0.0255. The van der Waals surface area contributed by atoms with Crippen molar-refractivity contribution in [2.24, 2.45) is 0 Å². The fraction of sp³-hybridized carbons (Fsp3) is 1.00. The van der Waals surface area contributed by atoms with Gasteiger partial charge in [0, 0.05) is 13.2 Å². The van der Waals surface area contributed by atoms with E-state index in [1.807, 2.05) is 0 Å². The van der Waals surface area contributed by atoms with Crippen LogP contribution in [0.2, 0.25) is 0 Å². The van der Waals surface area contributed by atoms with Gasteiger partial charge < -0.3 is 95.5 Å². The van der Waals surface area contributed by atoms with Crippen molar-refractivity contribution in [1.82, 2.24) is 0 Å². The SMILES string of the molecule is CCCCCCCCCCCCOCCOCCOCCOCCOCCOCCOCCOCCOCCO.CCCCCCCCCCCCOCCOCCOCCOCCOCCOCCOCCOCCOCCO. The Balaban J connectivity index is 0. The second-order valence-corrected chi connectivity index (χ2v) is 18.8. The summed E-state index contributed by atoms with van der Waals surface area (Å²) in [6, 6.07) is 0. The minimum Gasteiger partial charge on any atom is -0.394 e. The Morgan fingerprint density at radius 1 is 0.138 bits per heavy atom. The summed E-state index contributed by atoms with van der Waals surface area (Å²) in [4.78, 5) is 0. The largest absolute Gasteiger partial charge is 0.394 e. The van der Waals surface area contributed by atoms with Crippen LogP contribution in [0.5, 0.6) is 0 Å². The molecule has 20 heteroatoms. The van der Waals surface area contributed by atoms with Crippen LogP contribution in [0.4, 0.5) is 0 Å². The van der Waals surface area contributed by atoms with E-state index in [2.05, 4.69) is 13.8 Å². The topological polar surface area (TPSA) is 207 Å². The van der Waals surface area contributed by atoms with Gasteiger partial charge in [-0.15, -0.1) is 0 Å². The number of hydrogen-bond acceptors (Lipinski definition) is 20. The summed E-state index contributed by atoms with van der Waals surface area (Å²) in [6.07, 6.45) is 26.9. The average Bonchev–Trinajstić information content (AvgIpc) is 3.47. The molecule has 0 unspecified atom stereocenters. The minimum atomic E-state index is 0.0325. The molecule has 0 radical (unpaired) electrons. The molecule has 0 aromatic rings. The number of hydrogen-bond donors (Lipinski definition) is 2. The molecule has 0 saturated heterocycles. The first-order chi connectivity index (χ1) is 39.8. The van der Waals surface area contributed by atoms with Gasteiger partial charge in [0.2, 0.25) is 0 Å². The van der Waals surface area contributed by atoms with Crippen LogP contribution in [0.25, 0.3) is 0 Å². The molecule has 484 valence electrons. The summed E-state index contributed by atoms with van der Waals surface area (Å²) < 4.78 is 97.7. The summed E-state index contributed by atoms with van der Waals surface area (Å²) in [5.74, 6) is 0. The maximum atomic E-state index is 8.57. The van der Waals surface area contributed by atoms with E-state index in [1.54, 1.807) is 0 Å². The monoisotopic (exact) mass is 1160 g/mol. The molecule has 2 N–H and O–H groups in total. The Bertz CT molecular complexity index is 863. The Kier molecular flexibility index (Phi) is 83.7. The predicted octanol–water partition coefficient (Wildman–Crippen LogP) is 8.10. The van der Waals surface area contributed by atoms with Gasteiger partial charge in [0.25, 0.3) is 0 Å². The van der Waals surface area contributed by atoms with Crippen molar-refractivity contribution in [2.45, 2.75) is 142 Å². The first kappa shape index (κ1) is 81.3. The van der Waals surface area contributed by atoms with Crippen LogP contribution in [-0.4, -0.2) is 261 Å². The highest BCUT2D eigenvalue weighted by Gasteiger charge is 2.00. The van der Waals surface area contributed by atoms with Crippen molar-refractivity contribution >= 4 is 0 Å². The number of aliphatic hydroxyl groups is 2.